The Morgan fingerprint density at radius 3 is 1.51 bits per heavy atom. The number of esters is 2. The lowest BCUT2D eigenvalue weighted by molar-refractivity contribution is -0.148. The van der Waals surface area contributed by atoms with Crippen LogP contribution in [-0.4, -0.2) is 63.5 Å². The van der Waals surface area contributed by atoms with Crippen LogP contribution in [0.3, 0.4) is 0 Å². The molecule has 1 heterocycles. The van der Waals surface area contributed by atoms with Gasteiger partial charge in [0, 0.05) is 12.1 Å². The van der Waals surface area contributed by atoms with Gasteiger partial charge in [0.25, 0.3) is 0 Å². The molecule has 3 aromatic rings. The Hall–Kier alpha value is -4.12. The van der Waals surface area contributed by atoms with Crippen molar-refractivity contribution in [2.75, 3.05) is 14.2 Å². The molecule has 0 aliphatic heterocycles. The van der Waals surface area contributed by atoms with Crippen LogP contribution in [0.5, 0.6) is 23.0 Å². The van der Waals surface area contributed by atoms with Crippen molar-refractivity contribution in [2.45, 2.75) is 26.1 Å². The van der Waals surface area contributed by atoms with Crippen molar-refractivity contribution in [3.63, 3.8) is 0 Å². The van der Waals surface area contributed by atoms with Crippen molar-refractivity contribution in [1.82, 2.24) is 15.0 Å². The number of phenolic OH excluding ortho intramolecular Hbond substituents is 2. The molecule has 0 radical (unpaired) electrons. The maximum atomic E-state index is 11.5. The lowest BCUT2D eigenvalue weighted by atomic mass is 10.1. The van der Waals surface area contributed by atoms with E-state index < -0.39 is 24.1 Å². The molecular formula is C23H22ClN3O8. The van der Waals surface area contributed by atoms with Crippen LogP contribution in [0, 0.1) is 0 Å². The van der Waals surface area contributed by atoms with Gasteiger partial charge in [-0.1, -0.05) is 0 Å². The molecule has 11 nitrogen and oxygen atoms in total. The number of phenols is 2. The van der Waals surface area contributed by atoms with Crippen molar-refractivity contribution in [3.05, 3.63) is 41.7 Å². The van der Waals surface area contributed by atoms with E-state index in [0.29, 0.717) is 0 Å². The molecule has 12 heteroatoms. The predicted octanol–water partition coefficient (Wildman–Crippen LogP) is 3.15. The number of hydrogen-bond donors (Lipinski definition) is 2. The molecule has 184 valence electrons. The van der Waals surface area contributed by atoms with E-state index in [1.54, 1.807) is 0 Å². The zero-order valence-corrected chi connectivity index (χ0v) is 19.9. The third kappa shape index (κ3) is 6.07. The van der Waals surface area contributed by atoms with E-state index >= 15 is 0 Å². The molecule has 1 aromatic heterocycles. The number of aromatic nitrogens is 3. The molecule has 2 aromatic carbocycles. The highest BCUT2D eigenvalue weighted by molar-refractivity contribution is 6.28. The molecule has 0 spiro atoms. The van der Waals surface area contributed by atoms with Gasteiger partial charge in [-0.05, 0) is 49.7 Å². The number of methoxy groups -OCH3 is 2. The van der Waals surface area contributed by atoms with Crippen molar-refractivity contribution < 1.29 is 38.7 Å². The number of halogens is 1. The minimum atomic E-state index is -0.881. The highest BCUT2D eigenvalue weighted by Crippen LogP contribution is 2.35. The van der Waals surface area contributed by atoms with Gasteiger partial charge >= 0.3 is 11.9 Å². The summed E-state index contributed by atoms with van der Waals surface area (Å²) in [5, 5.41) is 20.8. The van der Waals surface area contributed by atoms with Gasteiger partial charge in [0.1, 0.15) is 23.0 Å². The first kappa shape index (κ1) is 25.5. The Morgan fingerprint density at radius 2 is 1.17 bits per heavy atom. The van der Waals surface area contributed by atoms with Gasteiger partial charge < -0.3 is 29.2 Å². The summed E-state index contributed by atoms with van der Waals surface area (Å²) < 4.78 is 20.1. The highest BCUT2D eigenvalue weighted by Gasteiger charge is 2.19. The van der Waals surface area contributed by atoms with Crippen molar-refractivity contribution in [2.24, 2.45) is 0 Å². The van der Waals surface area contributed by atoms with E-state index in [1.807, 2.05) is 0 Å². The standard InChI is InChI=1S/C23H22ClN3O8/c1-11(21(30)32-3)34-13-5-7-15(17(28)9-13)19-25-20(27-23(24)26-19)16-8-6-14(10-18(16)29)35-12(2)22(31)33-4/h5-12,28-29H,1-4H3. The Kier molecular flexibility index (Phi) is 7.92. The lowest BCUT2D eigenvalue weighted by Crippen LogP contribution is -2.24. The monoisotopic (exact) mass is 503 g/mol. The van der Waals surface area contributed by atoms with E-state index in [9.17, 15) is 19.8 Å². The summed E-state index contributed by atoms with van der Waals surface area (Å²) in [6.45, 7) is 3.02. The third-order valence-electron chi connectivity index (χ3n) is 4.72. The first-order valence-electron chi connectivity index (χ1n) is 10.2. The maximum Gasteiger partial charge on any atom is 0.346 e. The second-order valence-electron chi connectivity index (χ2n) is 7.18. The zero-order chi connectivity index (χ0) is 25.7. The number of ether oxygens (including phenoxy) is 4. The smallest absolute Gasteiger partial charge is 0.346 e. The number of rotatable bonds is 8. The normalized spacial score (nSPS) is 12.4. The molecule has 0 aliphatic carbocycles. The SMILES string of the molecule is COC(=O)C(C)Oc1ccc(-c2nc(Cl)nc(-c3ccc(OC(C)C(=O)OC)cc3O)n2)c(O)c1. The fourth-order valence-electron chi connectivity index (χ4n) is 2.98. The Bertz CT molecular complexity index is 1160. The van der Waals surface area contributed by atoms with E-state index in [1.165, 1.54) is 64.5 Å². The van der Waals surface area contributed by atoms with Crippen molar-refractivity contribution in [3.8, 4) is 45.8 Å². The van der Waals surface area contributed by atoms with Crippen LogP contribution in [0.1, 0.15) is 13.8 Å². The van der Waals surface area contributed by atoms with Gasteiger partial charge in [-0.3, -0.25) is 0 Å². The molecule has 3 rings (SSSR count). The topological polar surface area (TPSA) is 150 Å². The number of nitrogens with zero attached hydrogens (tertiary/aromatic N) is 3. The molecule has 0 bridgehead atoms. The van der Waals surface area contributed by atoms with Gasteiger partial charge in [0.2, 0.25) is 5.28 Å². The van der Waals surface area contributed by atoms with Crippen LogP contribution in [0.25, 0.3) is 22.8 Å². The maximum absolute atomic E-state index is 11.5. The summed E-state index contributed by atoms with van der Waals surface area (Å²) in [7, 11) is 2.48. The van der Waals surface area contributed by atoms with Gasteiger partial charge in [-0.25, -0.2) is 14.6 Å². The Balaban J connectivity index is 1.89. The number of aromatic hydroxyl groups is 2. The van der Waals surface area contributed by atoms with Crippen molar-refractivity contribution in [1.29, 1.82) is 0 Å². The summed E-state index contributed by atoms with van der Waals surface area (Å²) in [6, 6.07) is 8.57. The second-order valence-corrected chi connectivity index (χ2v) is 7.51. The minimum absolute atomic E-state index is 0.0316. The van der Waals surface area contributed by atoms with Gasteiger partial charge in [0.05, 0.1) is 25.3 Å². The minimum Gasteiger partial charge on any atom is -0.507 e. The largest absolute Gasteiger partial charge is 0.507 e. The van der Waals surface area contributed by atoms with Crippen LogP contribution in [0.4, 0.5) is 0 Å². The average Bonchev–Trinajstić information content (AvgIpc) is 2.82. The van der Waals surface area contributed by atoms with Crippen molar-refractivity contribution >= 4 is 23.5 Å². The summed E-state index contributed by atoms with van der Waals surface area (Å²) in [5.74, 6) is -1.11. The van der Waals surface area contributed by atoms with Gasteiger partial charge in [-0.15, -0.1) is 0 Å². The lowest BCUT2D eigenvalue weighted by Gasteiger charge is -2.14. The van der Waals surface area contributed by atoms with Gasteiger partial charge in [-0.2, -0.15) is 9.97 Å². The number of hydrogen-bond acceptors (Lipinski definition) is 11. The molecular weight excluding hydrogens is 482 g/mol. The van der Waals surface area contributed by atoms with E-state index in [0.717, 1.165) is 0 Å². The Labute approximate surface area is 205 Å². The quantitative estimate of drug-likeness (QED) is 0.436. The molecule has 0 aliphatic rings. The zero-order valence-electron chi connectivity index (χ0n) is 19.2. The molecule has 2 unspecified atom stereocenters. The molecule has 0 saturated carbocycles. The van der Waals surface area contributed by atoms with Crippen LogP contribution >= 0.6 is 11.6 Å². The first-order chi connectivity index (χ1) is 16.6. The summed E-state index contributed by atoms with van der Waals surface area (Å²) in [6.07, 6.45) is -1.76. The molecule has 0 amide bonds. The van der Waals surface area contributed by atoms with E-state index in [4.69, 9.17) is 21.1 Å². The predicted molar refractivity (Wildman–Crippen MR) is 123 cm³/mol. The van der Waals surface area contributed by atoms with Crippen LogP contribution < -0.4 is 9.47 Å². The molecule has 0 saturated heterocycles. The molecule has 2 atom stereocenters. The van der Waals surface area contributed by atoms with Crippen LogP contribution in [0.15, 0.2) is 36.4 Å². The Morgan fingerprint density at radius 1 is 0.771 bits per heavy atom. The number of carbonyl (C=O) groups is 2. The van der Waals surface area contributed by atoms with Crippen LogP contribution in [-0.2, 0) is 19.1 Å². The molecule has 2 N–H and O–H groups in total. The van der Waals surface area contributed by atoms with Gasteiger partial charge in [0.15, 0.2) is 23.9 Å². The highest BCUT2D eigenvalue weighted by atomic mass is 35.5. The van der Waals surface area contributed by atoms with E-state index in [2.05, 4.69) is 24.4 Å². The summed E-state index contributed by atoms with van der Waals surface area (Å²) in [4.78, 5) is 35.5. The second kappa shape index (κ2) is 10.9. The molecule has 35 heavy (non-hydrogen) atoms. The number of benzene rings is 2. The third-order valence-corrected chi connectivity index (χ3v) is 4.89. The fourth-order valence-corrected chi connectivity index (χ4v) is 3.14. The van der Waals surface area contributed by atoms with Crippen LogP contribution in [0.2, 0.25) is 5.28 Å². The summed E-state index contributed by atoms with van der Waals surface area (Å²) >= 11 is 6.08. The number of carbonyl (C=O) groups excluding carboxylic acids is 2. The van der Waals surface area contributed by atoms with E-state index in [-0.39, 0.29) is 51.1 Å². The first-order valence-corrected chi connectivity index (χ1v) is 10.6. The fraction of sp³-hybridized carbons (Fsp3) is 0.261. The molecule has 0 fully saturated rings. The average molecular weight is 504 g/mol. The summed E-state index contributed by atoms with van der Waals surface area (Å²) in [5.41, 5.74) is 0.417.